The topological polar surface area (TPSA) is 89.1 Å². The molecule has 2 heterocycles. The zero-order valence-electron chi connectivity index (χ0n) is 16.1. The van der Waals surface area contributed by atoms with Crippen LogP contribution in [0.15, 0.2) is 60.9 Å². The molecule has 0 aliphatic carbocycles. The smallest absolute Gasteiger partial charge is 0.487 e. The Kier molecular flexibility index (Phi) is 5.87. The lowest BCUT2D eigenvalue weighted by atomic mass is 10.1. The standard InChI is InChI=1S/C21H14ClF3N4O3/c22-17-6-12(11-31-16-8-14-9-27-29-19(14)26-10-16)4-5-18(17)28-20(30)13-2-1-3-15(7-13)32-21(23,24)25/h1-10H,11H2,(H,28,30)(H,26,27,29). The maximum absolute atomic E-state index is 12.4. The number of H-pyrrole nitrogens is 1. The number of amides is 1. The number of anilines is 1. The summed E-state index contributed by atoms with van der Waals surface area (Å²) in [6.07, 6.45) is -1.65. The summed E-state index contributed by atoms with van der Waals surface area (Å²) in [4.78, 5) is 16.6. The fraction of sp³-hybridized carbons (Fsp3) is 0.0952. The van der Waals surface area contributed by atoms with Gasteiger partial charge in [0.25, 0.3) is 5.91 Å². The van der Waals surface area contributed by atoms with Crippen LogP contribution in [0.3, 0.4) is 0 Å². The molecule has 0 unspecified atom stereocenters. The van der Waals surface area contributed by atoms with E-state index in [-0.39, 0.29) is 17.2 Å². The highest BCUT2D eigenvalue weighted by atomic mass is 35.5. The summed E-state index contributed by atoms with van der Waals surface area (Å²) in [5, 5.41) is 10.3. The maximum atomic E-state index is 12.4. The molecule has 11 heteroatoms. The van der Waals surface area contributed by atoms with Crippen molar-refractivity contribution in [2.75, 3.05) is 5.32 Å². The van der Waals surface area contributed by atoms with E-state index in [4.69, 9.17) is 16.3 Å². The first-order chi connectivity index (χ1) is 15.3. The quantitative estimate of drug-likeness (QED) is 0.403. The van der Waals surface area contributed by atoms with E-state index in [1.807, 2.05) is 0 Å². The summed E-state index contributed by atoms with van der Waals surface area (Å²) in [5.74, 6) is -0.580. The van der Waals surface area contributed by atoms with Crippen LogP contribution >= 0.6 is 11.6 Å². The summed E-state index contributed by atoms with van der Waals surface area (Å²) in [6.45, 7) is 0.204. The third-order valence-electron chi connectivity index (χ3n) is 4.28. The van der Waals surface area contributed by atoms with Gasteiger partial charge in [0.2, 0.25) is 0 Å². The van der Waals surface area contributed by atoms with Crippen LogP contribution in [0, 0.1) is 0 Å². The summed E-state index contributed by atoms with van der Waals surface area (Å²) in [7, 11) is 0. The number of ether oxygens (including phenoxy) is 2. The minimum absolute atomic E-state index is 0.0163. The number of pyridine rings is 1. The molecule has 0 spiro atoms. The highest BCUT2D eigenvalue weighted by molar-refractivity contribution is 6.34. The van der Waals surface area contributed by atoms with Gasteiger partial charge in [-0.3, -0.25) is 9.89 Å². The highest BCUT2D eigenvalue weighted by Gasteiger charge is 2.31. The average molecular weight is 463 g/mol. The normalized spacial score (nSPS) is 11.4. The highest BCUT2D eigenvalue weighted by Crippen LogP contribution is 2.27. The maximum Gasteiger partial charge on any atom is 0.573 e. The Balaban J connectivity index is 1.40. The largest absolute Gasteiger partial charge is 0.573 e. The number of alkyl halides is 3. The van der Waals surface area contributed by atoms with Gasteiger partial charge in [0.1, 0.15) is 18.1 Å². The predicted octanol–water partition coefficient (Wildman–Crippen LogP) is 5.34. The number of benzene rings is 2. The summed E-state index contributed by atoms with van der Waals surface area (Å²) >= 11 is 6.26. The number of fused-ring (bicyclic) bond motifs is 1. The van der Waals surface area contributed by atoms with E-state index < -0.39 is 18.0 Å². The zero-order chi connectivity index (χ0) is 22.7. The van der Waals surface area contributed by atoms with Crippen LogP contribution in [0.2, 0.25) is 5.02 Å². The van der Waals surface area contributed by atoms with Gasteiger partial charge in [-0.25, -0.2) is 4.98 Å². The number of carbonyl (C=O) groups excluding carboxylic acids is 1. The monoisotopic (exact) mass is 462 g/mol. The third kappa shape index (κ3) is 5.27. The molecule has 164 valence electrons. The van der Waals surface area contributed by atoms with Crippen molar-refractivity contribution in [1.82, 2.24) is 15.2 Å². The van der Waals surface area contributed by atoms with Crippen molar-refractivity contribution in [3.05, 3.63) is 77.1 Å². The fourth-order valence-corrected chi connectivity index (χ4v) is 3.09. The molecule has 2 aromatic heterocycles. The first-order valence-electron chi connectivity index (χ1n) is 9.14. The predicted molar refractivity (Wildman–Crippen MR) is 111 cm³/mol. The van der Waals surface area contributed by atoms with Crippen LogP contribution in [0.25, 0.3) is 11.0 Å². The van der Waals surface area contributed by atoms with Crippen LogP contribution in [-0.4, -0.2) is 27.5 Å². The van der Waals surface area contributed by atoms with E-state index in [1.165, 1.54) is 12.1 Å². The summed E-state index contributed by atoms with van der Waals surface area (Å²) in [6, 6.07) is 11.4. The van der Waals surface area contributed by atoms with Crippen molar-refractivity contribution in [3.8, 4) is 11.5 Å². The molecule has 7 nitrogen and oxygen atoms in total. The van der Waals surface area contributed by atoms with Crippen molar-refractivity contribution in [1.29, 1.82) is 0 Å². The van der Waals surface area contributed by atoms with E-state index in [1.54, 1.807) is 36.7 Å². The first kappa shape index (κ1) is 21.4. The lowest BCUT2D eigenvalue weighted by molar-refractivity contribution is -0.274. The van der Waals surface area contributed by atoms with Crippen molar-refractivity contribution < 1.29 is 27.4 Å². The van der Waals surface area contributed by atoms with Gasteiger partial charge in [-0.1, -0.05) is 23.7 Å². The Morgan fingerprint density at radius 2 is 1.94 bits per heavy atom. The molecule has 4 aromatic rings. The minimum Gasteiger partial charge on any atom is -0.487 e. The van der Waals surface area contributed by atoms with Crippen LogP contribution < -0.4 is 14.8 Å². The molecular weight excluding hydrogens is 449 g/mol. The molecule has 0 fully saturated rings. The van der Waals surface area contributed by atoms with Gasteiger partial charge in [0.05, 0.1) is 23.1 Å². The Labute approximate surface area is 184 Å². The van der Waals surface area contributed by atoms with E-state index in [2.05, 4.69) is 25.2 Å². The number of aromatic amines is 1. The molecule has 4 rings (SSSR count). The van der Waals surface area contributed by atoms with Crippen molar-refractivity contribution in [2.45, 2.75) is 13.0 Å². The average Bonchev–Trinajstić information content (AvgIpc) is 3.21. The van der Waals surface area contributed by atoms with Crippen molar-refractivity contribution in [2.24, 2.45) is 0 Å². The number of rotatable bonds is 6. The fourth-order valence-electron chi connectivity index (χ4n) is 2.84. The SMILES string of the molecule is O=C(Nc1ccc(COc2cnc3[nH]ncc3c2)cc1Cl)c1cccc(OC(F)(F)F)c1. The van der Waals surface area contributed by atoms with Gasteiger partial charge in [0, 0.05) is 10.9 Å². The second-order valence-electron chi connectivity index (χ2n) is 6.61. The summed E-state index contributed by atoms with van der Waals surface area (Å²) in [5.41, 5.74) is 1.67. The Bertz CT molecular complexity index is 1280. The van der Waals surface area contributed by atoms with Crippen LogP contribution in [0.1, 0.15) is 15.9 Å². The van der Waals surface area contributed by atoms with Gasteiger partial charge >= 0.3 is 6.36 Å². The molecule has 32 heavy (non-hydrogen) atoms. The van der Waals surface area contributed by atoms with Crippen molar-refractivity contribution >= 4 is 34.2 Å². The van der Waals surface area contributed by atoms with Crippen LogP contribution in [-0.2, 0) is 6.61 Å². The number of carbonyl (C=O) groups is 1. The first-order valence-corrected chi connectivity index (χ1v) is 9.52. The minimum atomic E-state index is -4.85. The third-order valence-corrected chi connectivity index (χ3v) is 4.60. The molecular formula is C21H14ClF3N4O3. The molecule has 0 saturated carbocycles. The molecule has 1 amide bonds. The molecule has 0 aliphatic rings. The van der Waals surface area contributed by atoms with E-state index in [9.17, 15) is 18.0 Å². The Morgan fingerprint density at radius 1 is 1.09 bits per heavy atom. The van der Waals surface area contributed by atoms with Gasteiger partial charge in [-0.05, 0) is 42.0 Å². The number of nitrogens with one attached hydrogen (secondary N) is 2. The summed E-state index contributed by atoms with van der Waals surface area (Å²) < 4.78 is 46.7. The second-order valence-corrected chi connectivity index (χ2v) is 7.02. The molecule has 0 saturated heterocycles. The molecule has 0 aliphatic heterocycles. The number of aromatic nitrogens is 3. The van der Waals surface area contributed by atoms with Gasteiger partial charge in [0.15, 0.2) is 5.65 Å². The van der Waals surface area contributed by atoms with Crippen LogP contribution in [0.4, 0.5) is 18.9 Å². The molecule has 0 radical (unpaired) electrons. The Morgan fingerprint density at radius 3 is 2.72 bits per heavy atom. The van der Waals surface area contributed by atoms with E-state index >= 15 is 0 Å². The number of halogens is 4. The Hall–Kier alpha value is -3.79. The second kappa shape index (κ2) is 8.75. The van der Waals surface area contributed by atoms with Gasteiger partial charge in [-0.15, -0.1) is 13.2 Å². The van der Waals surface area contributed by atoms with Crippen molar-refractivity contribution in [3.63, 3.8) is 0 Å². The number of hydrogen-bond donors (Lipinski definition) is 2. The lowest BCUT2D eigenvalue weighted by Gasteiger charge is -2.12. The molecule has 2 N–H and O–H groups in total. The number of nitrogens with zero attached hydrogens (tertiary/aromatic N) is 2. The zero-order valence-corrected chi connectivity index (χ0v) is 16.9. The van der Waals surface area contributed by atoms with Gasteiger partial charge in [-0.2, -0.15) is 5.10 Å². The van der Waals surface area contributed by atoms with Crippen LogP contribution in [0.5, 0.6) is 11.5 Å². The van der Waals surface area contributed by atoms with E-state index in [0.29, 0.717) is 17.1 Å². The van der Waals surface area contributed by atoms with E-state index in [0.717, 1.165) is 23.1 Å². The van der Waals surface area contributed by atoms with Gasteiger partial charge < -0.3 is 14.8 Å². The molecule has 2 aromatic carbocycles. The molecule has 0 bridgehead atoms. The number of hydrogen-bond acceptors (Lipinski definition) is 5. The molecule has 0 atom stereocenters. The lowest BCUT2D eigenvalue weighted by Crippen LogP contribution is -2.18.